The zero-order valence-electron chi connectivity index (χ0n) is 15.7. The first-order chi connectivity index (χ1) is 12.7. The quantitative estimate of drug-likeness (QED) is 0.672. The number of carbonyl (C=O) groups excluding carboxylic acids is 1. The number of ether oxygens (including phenoxy) is 3. The summed E-state index contributed by atoms with van der Waals surface area (Å²) >= 11 is 0. The second kappa shape index (κ2) is 8.56. The van der Waals surface area contributed by atoms with Gasteiger partial charge < -0.3 is 25.3 Å². The van der Waals surface area contributed by atoms with E-state index in [1.165, 1.54) is 19.5 Å². The average molecular weight is 381 g/mol. The van der Waals surface area contributed by atoms with Crippen molar-refractivity contribution in [3.8, 4) is 22.8 Å². The Morgan fingerprint density at radius 1 is 1.37 bits per heavy atom. The number of methoxy groups -OCH3 is 1. The van der Waals surface area contributed by atoms with Gasteiger partial charge in [-0.25, -0.2) is 9.18 Å². The maximum absolute atomic E-state index is 14.1. The number of rotatable bonds is 7. The van der Waals surface area contributed by atoms with Gasteiger partial charge in [-0.3, -0.25) is 10.1 Å². The third-order valence-electron chi connectivity index (χ3n) is 3.25. The van der Waals surface area contributed by atoms with Gasteiger partial charge in [0.05, 0.1) is 37.3 Å². The number of aromatic nitrogens is 3. The monoisotopic (exact) mass is 381 g/mol. The van der Waals surface area contributed by atoms with E-state index >= 15 is 0 Å². The van der Waals surface area contributed by atoms with Crippen LogP contribution in [0.15, 0.2) is 18.5 Å². The van der Waals surface area contributed by atoms with Gasteiger partial charge in [0.1, 0.15) is 23.8 Å². The summed E-state index contributed by atoms with van der Waals surface area (Å²) in [5.74, 6) is 0.996. The molecule has 4 N–H and O–H groups in total. The number of nitrogen functional groups attached to an aromatic ring is 1. The molecule has 0 radical (unpaired) electrons. The van der Waals surface area contributed by atoms with Crippen LogP contribution >= 0.6 is 0 Å². The molecule has 10 heteroatoms. The summed E-state index contributed by atoms with van der Waals surface area (Å²) < 4.78 is 30.0. The van der Waals surface area contributed by atoms with Crippen molar-refractivity contribution in [2.75, 3.05) is 26.0 Å². The van der Waals surface area contributed by atoms with Crippen molar-refractivity contribution in [3.63, 3.8) is 0 Å². The number of amides is 1. The normalized spacial score (nSPS) is 12.3. The summed E-state index contributed by atoms with van der Waals surface area (Å²) in [6, 6.07) is 1.60. The number of hydrogen-bond donors (Lipinski definition) is 3. The van der Waals surface area contributed by atoms with Crippen LogP contribution < -0.4 is 20.5 Å². The van der Waals surface area contributed by atoms with E-state index in [0.717, 1.165) is 0 Å². The second-order valence-electron chi connectivity index (χ2n) is 6.71. The average Bonchev–Trinajstić information content (AvgIpc) is 3.02. The molecule has 0 aromatic carbocycles. The zero-order valence-corrected chi connectivity index (χ0v) is 15.7. The van der Waals surface area contributed by atoms with Crippen molar-refractivity contribution >= 4 is 11.9 Å². The molecule has 0 spiro atoms. The number of halogens is 1. The predicted octanol–water partition coefficient (Wildman–Crippen LogP) is 2.30. The number of hydrogen-bond acceptors (Lipinski definition) is 7. The number of aromatic amines is 1. The summed E-state index contributed by atoms with van der Waals surface area (Å²) in [5, 5.41) is 8.98. The van der Waals surface area contributed by atoms with Gasteiger partial charge in [0.25, 0.3) is 0 Å². The molecule has 148 valence electrons. The number of alkyl carbamates (subject to hydrolysis) is 1. The van der Waals surface area contributed by atoms with Crippen molar-refractivity contribution in [2.45, 2.75) is 32.5 Å². The summed E-state index contributed by atoms with van der Waals surface area (Å²) in [6.07, 6.45) is 0.782. The lowest BCUT2D eigenvalue weighted by Gasteiger charge is -2.20. The molecule has 27 heavy (non-hydrogen) atoms. The minimum atomic E-state index is -1.46. The summed E-state index contributed by atoms with van der Waals surface area (Å²) in [7, 11) is 1.48. The van der Waals surface area contributed by atoms with Crippen LogP contribution in [-0.4, -0.2) is 53.3 Å². The molecular formula is C17H24FN5O4. The summed E-state index contributed by atoms with van der Waals surface area (Å²) in [6.45, 7) is 4.62. The molecular weight excluding hydrogens is 357 g/mol. The minimum absolute atomic E-state index is 0.251. The molecule has 0 saturated carbocycles. The first kappa shape index (κ1) is 20.3. The third-order valence-corrected chi connectivity index (χ3v) is 3.25. The Labute approximate surface area is 156 Å². The Balaban J connectivity index is 2.00. The zero-order chi connectivity index (χ0) is 20.0. The van der Waals surface area contributed by atoms with Crippen LogP contribution in [0.1, 0.15) is 20.8 Å². The number of pyridine rings is 1. The lowest BCUT2D eigenvalue weighted by molar-refractivity contribution is 0.0505. The van der Waals surface area contributed by atoms with Crippen molar-refractivity contribution in [3.05, 3.63) is 18.5 Å². The Morgan fingerprint density at radius 3 is 2.67 bits per heavy atom. The number of carbonyl (C=O) groups is 1. The Morgan fingerprint density at radius 2 is 2.07 bits per heavy atom. The maximum Gasteiger partial charge on any atom is 0.407 e. The molecule has 1 atom stereocenters. The molecule has 0 fully saturated rings. The van der Waals surface area contributed by atoms with Crippen LogP contribution in [0.3, 0.4) is 0 Å². The van der Waals surface area contributed by atoms with Crippen molar-refractivity contribution in [2.24, 2.45) is 0 Å². The third kappa shape index (κ3) is 6.01. The van der Waals surface area contributed by atoms with Crippen molar-refractivity contribution in [1.82, 2.24) is 20.5 Å². The number of anilines is 1. The summed E-state index contributed by atoms with van der Waals surface area (Å²) in [5.41, 5.74) is 6.05. The van der Waals surface area contributed by atoms with E-state index in [9.17, 15) is 9.18 Å². The van der Waals surface area contributed by atoms with Gasteiger partial charge >= 0.3 is 6.09 Å². The second-order valence-corrected chi connectivity index (χ2v) is 6.71. The number of nitrogens with two attached hydrogens (primary N) is 1. The van der Waals surface area contributed by atoms with Crippen molar-refractivity contribution < 1.29 is 23.4 Å². The molecule has 0 bridgehead atoms. The van der Waals surface area contributed by atoms with Crippen LogP contribution in [0.5, 0.6) is 11.5 Å². The van der Waals surface area contributed by atoms with Crippen LogP contribution in [0, 0.1) is 0 Å². The fraction of sp³-hybridized carbons (Fsp3) is 0.471. The van der Waals surface area contributed by atoms with Crippen LogP contribution in [0.25, 0.3) is 11.3 Å². The van der Waals surface area contributed by atoms with E-state index < -0.39 is 17.9 Å². The number of nitrogens with one attached hydrogen (secondary N) is 2. The van der Waals surface area contributed by atoms with Crippen LogP contribution in [-0.2, 0) is 4.74 Å². The molecule has 0 aliphatic rings. The van der Waals surface area contributed by atoms with Gasteiger partial charge in [-0.2, -0.15) is 5.10 Å². The van der Waals surface area contributed by atoms with Gasteiger partial charge in [-0.1, -0.05) is 0 Å². The predicted molar refractivity (Wildman–Crippen MR) is 97.4 cm³/mol. The highest BCUT2D eigenvalue weighted by Gasteiger charge is 2.19. The molecule has 2 aromatic heterocycles. The molecule has 0 saturated heterocycles. The SMILES string of the molecule is COc1cncc(OC[C@H](F)CNC(=O)OC(C)(C)C)c1-c1cc(N)n[nH]1. The lowest BCUT2D eigenvalue weighted by Crippen LogP contribution is -2.37. The first-order valence-corrected chi connectivity index (χ1v) is 8.26. The van der Waals surface area contributed by atoms with E-state index in [1.807, 2.05) is 0 Å². The minimum Gasteiger partial charge on any atom is -0.494 e. The highest BCUT2D eigenvalue weighted by molar-refractivity contribution is 5.74. The fourth-order valence-corrected chi connectivity index (χ4v) is 2.17. The molecule has 9 nitrogen and oxygen atoms in total. The fourth-order valence-electron chi connectivity index (χ4n) is 2.17. The van der Waals surface area contributed by atoms with Crippen LogP contribution in [0.2, 0.25) is 0 Å². The Kier molecular flexibility index (Phi) is 6.43. The molecule has 0 aliphatic heterocycles. The molecule has 1 amide bonds. The Hall–Kier alpha value is -3.04. The van der Waals surface area contributed by atoms with Crippen LogP contribution in [0.4, 0.5) is 15.0 Å². The lowest BCUT2D eigenvalue weighted by atomic mass is 10.1. The largest absolute Gasteiger partial charge is 0.494 e. The van der Waals surface area contributed by atoms with E-state index in [4.69, 9.17) is 19.9 Å². The van der Waals surface area contributed by atoms with E-state index in [0.29, 0.717) is 22.8 Å². The highest BCUT2D eigenvalue weighted by Crippen LogP contribution is 2.36. The highest BCUT2D eigenvalue weighted by atomic mass is 19.1. The van der Waals surface area contributed by atoms with Gasteiger partial charge in [0.15, 0.2) is 11.9 Å². The molecule has 0 unspecified atom stereocenters. The van der Waals surface area contributed by atoms with Gasteiger partial charge in [0, 0.05) is 6.07 Å². The van der Waals surface area contributed by atoms with E-state index in [-0.39, 0.29) is 18.9 Å². The number of alkyl halides is 1. The number of H-pyrrole nitrogens is 1. The molecule has 2 aromatic rings. The van der Waals surface area contributed by atoms with Crippen molar-refractivity contribution in [1.29, 1.82) is 0 Å². The maximum atomic E-state index is 14.1. The molecule has 0 aliphatic carbocycles. The summed E-state index contributed by atoms with van der Waals surface area (Å²) in [4.78, 5) is 15.6. The molecule has 2 heterocycles. The van der Waals surface area contributed by atoms with E-state index in [1.54, 1.807) is 26.8 Å². The van der Waals surface area contributed by atoms with E-state index in [2.05, 4.69) is 20.5 Å². The van der Waals surface area contributed by atoms with Gasteiger partial charge in [0.2, 0.25) is 0 Å². The first-order valence-electron chi connectivity index (χ1n) is 8.26. The standard InChI is InChI=1S/C17H24FN5O4/c1-17(2,3)27-16(24)21-6-10(18)9-26-13-8-20-7-12(25-4)15(13)11-5-14(19)23-22-11/h5,7-8,10H,6,9H2,1-4H3,(H,21,24)(H3,19,22,23)/t10-/m1/s1. The Bertz CT molecular complexity index is 775. The van der Waals surface area contributed by atoms with Gasteiger partial charge in [-0.15, -0.1) is 0 Å². The smallest absolute Gasteiger partial charge is 0.407 e. The molecule has 2 rings (SSSR count). The topological polar surface area (TPSA) is 124 Å². The number of nitrogens with zero attached hydrogens (tertiary/aromatic N) is 2. The van der Waals surface area contributed by atoms with Gasteiger partial charge in [-0.05, 0) is 20.8 Å².